The quantitative estimate of drug-likeness (QED) is 0.692. The number of benzene rings is 2. The average molecular weight is 353 g/mol. The summed E-state index contributed by atoms with van der Waals surface area (Å²) >= 11 is 0. The second kappa shape index (κ2) is 8.25. The minimum Gasteiger partial charge on any atom is -0.375 e. The molecule has 0 amide bonds. The van der Waals surface area contributed by atoms with Crippen LogP contribution in [0.4, 0.5) is 4.39 Å². The highest BCUT2D eigenvalue weighted by Gasteiger charge is 2.22. The number of methoxy groups -OCH3 is 1. The Morgan fingerprint density at radius 2 is 1.81 bits per heavy atom. The van der Waals surface area contributed by atoms with Gasteiger partial charge in [0.25, 0.3) is 0 Å². The van der Waals surface area contributed by atoms with Crippen LogP contribution in [0.1, 0.15) is 29.8 Å². The Kier molecular flexibility index (Phi) is 5.81. The molecule has 0 spiro atoms. The Hall–Kier alpha value is -2.50. The van der Waals surface area contributed by atoms with Gasteiger partial charge in [0, 0.05) is 37.0 Å². The maximum absolute atomic E-state index is 14.1. The normalized spacial score (nSPS) is 13.5. The van der Waals surface area contributed by atoms with Gasteiger partial charge in [0.05, 0.1) is 17.5 Å². The highest BCUT2D eigenvalue weighted by Crippen LogP contribution is 2.23. The highest BCUT2D eigenvalue weighted by atomic mass is 19.1. The summed E-state index contributed by atoms with van der Waals surface area (Å²) in [7, 11) is 1.61. The SMILES string of the molecule is CO[C@H](c1ccccc1F)[C@H](C)NCc1cn(-c2ccccc2)nc1C. The summed E-state index contributed by atoms with van der Waals surface area (Å²) in [6, 6.07) is 16.7. The van der Waals surface area contributed by atoms with Gasteiger partial charge in [0.15, 0.2) is 0 Å². The summed E-state index contributed by atoms with van der Waals surface area (Å²) in [5.41, 5.74) is 3.65. The molecule has 0 unspecified atom stereocenters. The van der Waals surface area contributed by atoms with Crippen LogP contribution in [0, 0.1) is 12.7 Å². The van der Waals surface area contributed by atoms with Gasteiger partial charge in [0.1, 0.15) is 5.82 Å². The van der Waals surface area contributed by atoms with Gasteiger partial charge in [-0.1, -0.05) is 36.4 Å². The van der Waals surface area contributed by atoms with Crippen molar-refractivity contribution in [2.75, 3.05) is 7.11 Å². The summed E-state index contributed by atoms with van der Waals surface area (Å²) in [6.45, 7) is 4.62. The smallest absolute Gasteiger partial charge is 0.129 e. The standard InChI is InChI=1S/C21H24FN3O/c1-15-17(14-25(24-15)18-9-5-4-6-10-18)13-23-16(2)21(26-3)19-11-7-8-12-20(19)22/h4-12,14,16,21,23H,13H2,1-3H3/t16-,21-/m0/s1. The predicted octanol–water partition coefficient (Wildman–Crippen LogP) is 4.19. The molecule has 3 aromatic rings. The van der Waals surface area contributed by atoms with Gasteiger partial charge in [-0.15, -0.1) is 0 Å². The minimum absolute atomic E-state index is 0.0589. The Bertz CT molecular complexity index is 847. The second-order valence-electron chi connectivity index (χ2n) is 6.37. The van der Waals surface area contributed by atoms with Crippen molar-refractivity contribution in [3.63, 3.8) is 0 Å². The van der Waals surface area contributed by atoms with E-state index in [0.717, 1.165) is 16.9 Å². The van der Waals surface area contributed by atoms with E-state index in [1.807, 2.05) is 61.1 Å². The minimum atomic E-state index is -0.360. The molecule has 3 rings (SSSR count). The molecule has 0 bridgehead atoms. The topological polar surface area (TPSA) is 39.1 Å². The zero-order valence-electron chi connectivity index (χ0n) is 15.3. The molecule has 4 nitrogen and oxygen atoms in total. The van der Waals surface area contributed by atoms with Gasteiger partial charge >= 0.3 is 0 Å². The van der Waals surface area contributed by atoms with Crippen LogP contribution in [0.2, 0.25) is 0 Å². The number of ether oxygens (including phenoxy) is 1. The van der Waals surface area contributed by atoms with E-state index in [-0.39, 0.29) is 18.0 Å². The van der Waals surface area contributed by atoms with Crippen molar-refractivity contribution in [1.82, 2.24) is 15.1 Å². The summed E-state index contributed by atoms with van der Waals surface area (Å²) < 4.78 is 21.5. The maximum Gasteiger partial charge on any atom is 0.129 e. The van der Waals surface area contributed by atoms with Gasteiger partial charge in [-0.25, -0.2) is 9.07 Å². The van der Waals surface area contributed by atoms with Crippen LogP contribution in [-0.4, -0.2) is 22.9 Å². The first kappa shape index (κ1) is 18.3. The van der Waals surface area contributed by atoms with Crippen molar-refractivity contribution >= 4 is 0 Å². The van der Waals surface area contributed by atoms with E-state index in [1.165, 1.54) is 6.07 Å². The number of hydrogen-bond donors (Lipinski definition) is 1. The number of nitrogens with one attached hydrogen (secondary N) is 1. The third-order valence-corrected chi connectivity index (χ3v) is 4.56. The van der Waals surface area contributed by atoms with Crippen molar-refractivity contribution in [3.05, 3.63) is 83.4 Å². The summed E-state index contributed by atoms with van der Waals surface area (Å²) in [6.07, 6.45) is 1.66. The summed E-state index contributed by atoms with van der Waals surface area (Å²) in [4.78, 5) is 0. The zero-order valence-corrected chi connectivity index (χ0v) is 15.3. The molecular weight excluding hydrogens is 329 g/mol. The van der Waals surface area contributed by atoms with Crippen LogP contribution in [0.25, 0.3) is 5.69 Å². The Labute approximate surface area is 153 Å². The number of aromatic nitrogens is 2. The Morgan fingerprint density at radius 1 is 1.12 bits per heavy atom. The van der Waals surface area contributed by atoms with Crippen LogP contribution in [0.5, 0.6) is 0 Å². The fourth-order valence-corrected chi connectivity index (χ4v) is 3.07. The Morgan fingerprint density at radius 3 is 2.50 bits per heavy atom. The van der Waals surface area contributed by atoms with Crippen molar-refractivity contribution in [3.8, 4) is 5.69 Å². The molecule has 0 aliphatic carbocycles. The van der Waals surface area contributed by atoms with Crippen LogP contribution < -0.4 is 5.32 Å². The zero-order chi connectivity index (χ0) is 18.5. The summed E-state index contributed by atoms with van der Waals surface area (Å²) in [5, 5.41) is 8.02. The monoisotopic (exact) mass is 353 g/mol. The lowest BCUT2D eigenvalue weighted by Gasteiger charge is -2.24. The van der Waals surface area contributed by atoms with Gasteiger partial charge in [-0.3, -0.25) is 0 Å². The van der Waals surface area contributed by atoms with Crippen molar-refractivity contribution in [1.29, 1.82) is 0 Å². The van der Waals surface area contributed by atoms with Crippen molar-refractivity contribution in [2.24, 2.45) is 0 Å². The highest BCUT2D eigenvalue weighted by molar-refractivity contribution is 5.32. The second-order valence-corrected chi connectivity index (χ2v) is 6.37. The van der Waals surface area contributed by atoms with E-state index < -0.39 is 0 Å². The molecule has 2 aromatic carbocycles. The molecule has 0 saturated heterocycles. The third-order valence-electron chi connectivity index (χ3n) is 4.56. The van der Waals surface area contributed by atoms with E-state index in [9.17, 15) is 4.39 Å². The van der Waals surface area contributed by atoms with Crippen LogP contribution >= 0.6 is 0 Å². The van der Waals surface area contributed by atoms with E-state index >= 15 is 0 Å². The molecule has 0 aliphatic heterocycles. The van der Waals surface area contributed by atoms with Gasteiger partial charge in [-0.2, -0.15) is 5.10 Å². The lowest BCUT2D eigenvalue weighted by molar-refractivity contribution is 0.0700. The molecule has 0 radical (unpaired) electrons. The van der Waals surface area contributed by atoms with Crippen LogP contribution in [0.3, 0.4) is 0 Å². The number of para-hydroxylation sites is 1. The van der Waals surface area contributed by atoms with E-state index in [4.69, 9.17) is 4.74 Å². The molecule has 26 heavy (non-hydrogen) atoms. The average Bonchev–Trinajstić information content (AvgIpc) is 3.03. The first-order chi connectivity index (χ1) is 12.6. The third kappa shape index (κ3) is 4.00. The van der Waals surface area contributed by atoms with E-state index in [2.05, 4.69) is 10.4 Å². The molecule has 2 atom stereocenters. The molecule has 1 heterocycles. The van der Waals surface area contributed by atoms with E-state index in [0.29, 0.717) is 12.1 Å². The first-order valence-electron chi connectivity index (χ1n) is 8.71. The van der Waals surface area contributed by atoms with E-state index in [1.54, 1.807) is 19.2 Å². The maximum atomic E-state index is 14.1. The number of rotatable bonds is 7. The largest absolute Gasteiger partial charge is 0.375 e. The van der Waals surface area contributed by atoms with Crippen molar-refractivity contribution in [2.45, 2.75) is 32.5 Å². The molecule has 5 heteroatoms. The Balaban J connectivity index is 1.70. The predicted molar refractivity (Wildman–Crippen MR) is 101 cm³/mol. The molecule has 0 fully saturated rings. The van der Waals surface area contributed by atoms with Gasteiger partial charge in [-0.05, 0) is 32.0 Å². The van der Waals surface area contributed by atoms with Gasteiger partial charge in [0.2, 0.25) is 0 Å². The number of halogens is 1. The molecule has 1 N–H and O–H groups in total. The van der Waals surface area contributed by atoms with Crippen LogP contribution in [0.15, 0.2) is 60.8 Å². The summed E-state index contributed by atoms with van der Waals surface area (Å²) in [5.74, 6) is -0.249. The van der Waals surface area contributed by atoms with Crippen LogP contribution in [-0.2, 0) is 11.3 Å². The number of aryl methyl sites for hydroxylation is 1. The van der Waals surface area contributed by atoms with Gasteiger partial charge < -0.3 is 10.1 Å². The molecule has 136 valence electrons. The molecule has 0 saturated carbocycles. The lowest BCUT2D eigenvalue weighted by atomic mass is 10.0. The first-order valence-corrected chi connectivity index (χ1v) is 8.71. The molecule has 1 aromatic heterocycles. The molecular formula is C21H24FN3O. The van der Waals surface area contributed by atoms with Crippen molar-refractivity contribution < 1.29 is 9.13 Å². The lowest BCUT2D eigenvalue weighted by Crippen LogP contribution is -2.33. The molecule has 0 aliphatic rings. The number of hydrogen-bond acceptors (Lipinski definition) is 3. The number of nitrogens with zero attached hydrogens (tertiary/aromatic N) is 2. The fourth-order valence-electron chi connectivity index (χ4n) is 3.07. The fraction of sp³-hybridized carbons (Fsp3) is 0.286.